The summed E-state index contributed by atoms with van der Waals surface area (Å²) >= 11 is 0. The minimum Gasteiger partial charge on any atom is -0.452 e. The lowest BCUT2D eigenvalue weighted by Crippen LogP contribution is -2.33. The van der Waals surface area contributed by atoms with Crippen LogP contribution in [0.25, 0.3) is 0 Å². The number of nitrogens with zero attached hydrogens (tertiary/aromatic N) is 3. The van der Waals surface area contributed by atoms with E-state index in [1.165, 1.54) is 13.4 Å². The number of rotatable bonds is 4. The van der Waals surface area contributed by atoms with E-state index in [0.717, 1.165) is 32.1 Å². The molecule has 1 rings (SSSR count). The van der Waals surface area contributed by atoms with Crippen molar-refractivity contribution in [2.75, 3.05) is 20.2 Å². The fourth-order valence-electron chi connectivity index (χ4n) is 1.42. The largest absolute Gasteiger partial charge is 0.452 e. The van der Waals surface area contributed by atoms with Crippen LogP contribution in [0.15, 0.2) is 16.8 Å². The first-order chi connectivity index (χ1) is 9.17. The van der Waals surface area contributed by atoms with Gasteiger partial charge in [-0.3, -0.25) is 4.79 Å². The first-order valence-corrected chi connectivity index (χ1v) is 5.69. The van der Waals surface area contributed by atoms with Crippen LogP contribution in [0.3, 0.4) is 0 Å². The summed E-state index contributed by atoms with van der Waals surface area (Å²) in [6.45, 7) is 1.73. The minimum absolute atomic E-state index is 0.216. The monoisotopic (exact) mass is 265 g/mol. The third-order valence-electron chi connectivity index (χ3n) is 2.41. The maximum absolute atomic E-state index is 11.6. The Morgan fingerprint density at radius 1 is 1.42 bits per heavy atom. The Balaban J connectivity index is 2.49. The van der Waals surface area contributed by atoms with Gasteiger partial charge in [0.2, 0.25) is 0 Å². The number of hydrogen-bond acceptors (Lipinski definition) is 5. The number of ether oxygens (including phenoxy) is 1. The summed E-state index contributed by atoms with van der Waals surface area (Å²) in [4.78, 5) is 27.9. The highest BCUT2D eigenvalue weighted by atomic mass is 16.5. The lowest BCUT2D eigenvalue weighted by atomic mass is 10.3. The SMILES string of the molecule is COC(=O)NNC=C(C#N)C(=O)N=CN1CCCC1. The van der Waals surface area contributed by atoms with E-state index in [4.69, 9.17) is 5.26 Å². The van der Waals surface area contributed by atoms with Gasteiger partial charge in [0.1, 0.15) is 11.6 Å². The maximum Gasteiger partial charge on any atom is 0.425 e. The molecule has 2 N–H and O–H groups in total. The molecule has 1 aliphatic heterocycles. The van der Waals surface area contributed by atoms with Crippen LogP contribution in [0, 0.1) is 11.3 Å². The van der Waals surface area contributed by atoms with Gasteiger partial charge < -0.3 is 15.1 Å². The fraction of sp³-hybridized carbons (Fsp3) is 0.455. The van der Waals surface area contributed by atoms with Gasteiger partial charge in [0.25, 0.3) is 5.91 Å². The van der Waals surface area contributed by atoms with E-state index in [2.05, 4.69) is 20.6 Å². The molecule has 1 fully saturated rings. The Hall–Kier alpha value is -2.56. The molecule has 1 aliphatic rings. The van der Waals surface area contributed by atoms with Crippen LogP contribution in [0.5, 0.6) is 0 Å². The maximum atomic E-state index is 11.6. The molecular weight excluding hydrogens is 250 g/mol. The smallest absolute Gasteiger partial charge is 0.425 e. The number of aliphatic imine (C=N–C) groups is 1. The van der Waals surface area contributed by atoms with Crippen molar-refractivity contribution in [1.82, 2.24) is 15.8 Å². The highest BCUT2D eigenvalue weighted by Gasteiger charge is 2.10. The molecule has 0 aliphatic carbocycles. The fourth-order valence-corrected chi connectivity index (χ4v) is 1.42. The van der Waals surface area contributed by atoms with Crippen molar-refractivity contribution in [3.63, 3.8) is 0 Å². The van der Waals surface area contributed by atoms with E-state index in [0.29, 0.717) is 0 Å². The molecule has 2 amide bonds. The van der Waals surface area contributed by atoms with Crippen molar-refractivity contribution in [2.45, 2.75) is 12.8 Å². The third-order valence-corrected chi connectivity index (χ3v) is 2.41. The Morgan fingerprint density at radius 2 is 2.11 bits per heavy atom. The van der Waals surface area contributed by atoms with Crippen LogP contribution < -0.4 is 10.9 Å². The van der Waals surface area contributed by atoms with Crippen molar-refractivity contribution >= 4 is 18.3 Å². The van der Waals surface area contributed by atoms with Crippen molar-refractivity contribution in [1.29, 1.82) is 5.26 Å². The molecule has 0 radical (unpaired) electrons. The number of hydrogen-bond donors (Lipinski definition) is 2. The molecule has 0 bridgehead atoms. The minimum atomic E-state index is -0.735. The topological polar surface area (TPSA) is 107 Å². The van der Waals surface area contributed by atoms with Gasteiger partial charge in [0.15, 0.2) is 0 Å². The quantitative estimate of drug-likeness (QED) is 0.242. The molecule has 0 aromatic rings. The number of nitriles is 1. The molecule has 0 unspecified atom stereocenters. The standard InChI is InChI=1S/C11H15N5O3/c1-19-11(18)15-14-7-9(6-12)10(17)13-8-16-4-2-3-5-16/h7-8,14H,2-5H2,1H3,(H,15,18). The van der Waals surface area contributed by atoms with E-state index < -0.39 is 12.0 Å². The molecule has 1 heterocycles. The molecule has 102 valence electrons. The molecule has 0 saturated carbocycles. The highest BCUT2D eigenvalue weighted by molar-refractivity contribution is 6.01. The van der Waals surface area contributed by atoms with Crippen molar-refractivity contribution in [3.05, 3.63) is 11.8 Å². The van der Waals surface area contributed by atoms with Crippen LogP contribution in [0.4, 0.5) is 4.79 Å². The molecule has 8 nitrogen and oxygen atoms in total. The molecule has 0 aromatic carbocycles. The van der Waals surface area contributed by atoms with Gasteiger partial charge >= 0.3 is 6.09 Å². The predicted octanol–water partition coefficient (Wildman–Crippen LogP) is -0.0948. The number of hydrazine groups is 1. The van der Waals surface area contributed by atoms with E-state index in [1.807, 2.05) is 4.90 Å². The van der Waals surface area contributed by atoms with Gasteiger partial charge in [-0.15, -0.1) is 0 Å². The summed E-state index contributed by atoms with van der Waals surface area (Å²) in [7, 11) is 1.19. The van der Waals surface area contributed by atoms with Crippen molar-refractivity contribution in [2.24, 2.45) is 4.99 Å². The Bertz CT molecular complexity index is 432. The van der Waals surface area contributed by atoms with Gasteiger partial charge in [0.05, 0.1) is 13.4 Å². The normalized spacial score (nSPS) is 15.2. The first-order valence-electron chi connectivity index (χ1n) is 5.69. The van der Waals surface area contributed by atoms with E-state index in [-0.39, 0.29) is 5.57 Å². The van der Waals surface area contributed by atoms with Gasteiger partial charge in [-0.05, 0) is 12.8 Å². The zero-order valence-electron chi connectivity index (χ0n) is 10.5. The average Bonchev–Trinajstić information content (AvgIpc) is 2.93. The molecule has 1 saturated heterocycles. The second-order valence-corrected chi connectivity index (χ2v) is 3.72. The summed E-state index contributed by atoms with van der Waals surface area (Å²) < 4.78 is 4.30. The van der Waals surface area contributed by atoms with Crippen LogP contribution >= 0.6 is 0 Å². The zero-order chi connectivity index (χ0) is 14.1. The molecule has 19 heavy (non-hydrogen) atoms. The molecular formula is C11H15N5O3. The lowest BCUT2D eigenvalue weighted by Gasteiger charge is -2.08. The van der Waals surface area contributed by atoms with Crippen molar-refractivity contribution in [3.8, 4) is 6.07 Å². The van der Waals surface area contributed by atoms with Crippen molar-refractivity contribution < 1.29 is 14.3 Å². The zero-order valence-corrected chi connectivity index (χ0v) is 10.5. The Labute approximate surface area is 110 Å². The van der Waals surface area contributed by atoms with Gasteiger partial charge in [-0.25, -0.2) is 10.2 Å². The second kappa shape index (κ2) is 7.71. The Kier molecular flexibility index (Phi) is 5.88. The average molecular weight is 265 g/mol. The van der Waals surface area contributed by atoms with Gasteiger partial charge in [-0.1, -0.05) is 0 Å². The number of nitrogens with one attached hydrogen (secondary N) is 2. The molecule has 0 spiro atoms. The number of likely N-dealkylation sites (tertiary alicyclic amines) is 1. The summed E-state index contributed by atoms with van der Waals surface area (Å²) in [5.74, 6) is -0.673. The number of methoxy groups -OCH3 is 1. The summed E-state index contributed by atoms with van der Waals surface area (Å²) in [6, 6.07) is 1.69. The van der Waals surface area contributed by atoms with E-state index >= 15 is 0 Å². The number of amides is 2. The Morgan fingerprint density at radius 3 is 2.68 bits per heavy atom. The number of carbonyl (C=O) groups is 2. The summed E-state index contributed by atoms with van der Waals surface area (Å²) in [5, 5.41) is 8.80. The van der Waals surface area contributed by atoms with Gasteiger partial charge in [0, 0.05) is 19.3 Å². The van der Waals surface area contributed by atoms with E-state index in [9.17, 15) is 9.59 Å². The summed E-state index contributed by atoms with van der Waals surface area (Å²) in [6.07, 6.45) is 3.91. The van der Waals surface area contributed by atoms with Crippen LogP contribution in [-0.2, 0) is 9.53 Å². The van der Waals surface area contributed by atoms with Crippen LogP contribution in [-0.4, -0.2) is 43.4 Å². The predicted molar refractivity (Wildman–Crippen MR) is 66.7 cm³/mol. The van der Waals surface area contributed by atoms with Crippen LogP contribution in [0.1, 0.15) is 12.8 Å². The summed E-state index contributed by atoms with van der Waals surface area (Å²) in [5.41, 5.74) is 4.16. The molecule has 0 aromatic heterocycles. The van der Waals surface area contributed by atoms with Crippen LogP contribution in [0.2, 0.25) is 0 Å². The van der Waals surface area contributed by atoms with E-state index in [1.54, 1.807) is 6.07 Å². The molecule has 0 atom stereocenters. The third kappa shape index (κ3) is 5.08. The first kappa shape index (κ1) is 14.5. The number of carbonyl (C=O) groups excluding carboxylic acids is 2. The van der Waals surface area contributed by atoms with Gasteiger partial charge in [-0.2, -0.15) is 10.3 Å². The molecule has 8 heteroatoms. The lowest BCUT2D eigenvalue weighted by molar-refractivity contribution is -0.114. The second-order valence-electron chi connectivity index (χ2n) is 3.72. The highest BCUT2D eigenvalue weighted by Crippen LogP contribution is 2.04.